The molecule has 0 amide bonds. The highest BCUT2D eigenvalue weighted by molar-refractivity contribution is 5.66. The predicted molar refractivity (Wildman–Crippen MR) is 60.1 cm³/mol. The summed E-state index contributed by atoms with van der Waals surface area (Å²) in [6.07, 6.45) is 3.33. The molecule has 0 aromatic heterocycles. The van der Waals surface area contributed by atoms with E-state index >= 15 is 0 Å². The van der Waals surface area contributed by atoms with Crippen LogP contribution in [0.15, 0.2) is 0 Å². The number of carboxylic acid groups (broad SMARTS) is 1. The Morgan fingerprint density at radius 1 is 1.50 bits per heavy atom. The number of rotatable bonds is 4. The first kappa shape index (κ1) is 11.9. The third-order valence-electron chi connectivity index (χ3n) is 4.14. The lowest BCUT2D eigenvalue weighted by molar-refractivity contribution is -0.138. The van der Waals surface area contributed by atoms with Gasteiger partial charge >= 0.3 is 5.97 Å². The molecule has 4 nitrogen and oxygen atoms in total. The average molecular weight is 227 g/mol. The topological polar surface area (TPSA) is 60.8 Å². The van der Waals surface area contributed by atoms with E-state index in [1.807, 2.05) is 0 Å². The van der Waals surface area contributed by atoms with Crippen molar-refractivity contribution in [2.24, 2.45) is 11.8 Å². The Kier molecular flexibility index (Phi) is 3.22. The molecule has 1 saturated heterocycles. The van der Waals surface area contributed by atoms with Crippen molar-refractivity contribution >= 4 is 5.97 Å². The molecule has 16 heavy (non-hydrogen) atoms. The Hall–Kier alpha value is -0.610. The number of aliphatic carboxylic acids is 1. The summed E-state index contributed by atoms with van der Waals surface area (Å²) in [7, 11) is 0. The fourth-order valence-electron chi connectivity index (χ4n) is 2.87. The molecule has 0 aromatic carbocycles. The first-order valence-corrected chi connectivity index (χ1v) is 6.19. The summed E-state index contributed by atoms with van der Waals surface area (Å²) in [5, 5.41) is 19.2. The monoisotopic (exact) mass is 227 g/mol. The summed E-state index contributed by atoms with van der Waals surface area (Å²) in [4.78, 5) is 12.7. The van der Waals surface area contributed by atoms with Gasteiger partial charge in [0.1, 0.15) is 0 Å². The highest BCUT2D eigenvalue weighted by Gasteiger charge is 2.49. The van der Waals surface area contributed by atoms with Crippen LogP contribution in [0, 0.1) is 11.8 Å². The van der Waals surface area contributed by atoms with Crippen LogP contribution in [0.25, 0.3) is 0 Å². The number of carbonyl (C=O) groups is 1. The number of carboxylic acids is 1. The second-order valence-corrected chi connectivity index (χ2v) is 5.36. The van der Waals surface area contributed by atoms with Crippen LogP contribution in [0.5, 0.6) is 0 Å². The van der Waals surface area contributed by atoms with E-state index in [2.05, 4.69) is 11.8 Å². The molecule has 2 N–H and O–H groups in total. The summed E-state index contributed by atoms with van der Waals surface area (Å²) < 4.78 is 0. The van der Waals surface area contributed by atoms with Gasteiger partial charge in [-0.1, -0.05) is 6.92 Å². The van der Waals surface area contributed by atoms with Crippen molar-refractivity contribution in [2.75, 3.05) is 19.6 Å². The van der Waals surface area contributed by atoms with Gasteiger partial charge in [0.25, 0.3) is 0 Å². The van der Waals surface area contributed by atoms with E-state index in [9.17, 15) is 9.90 Å². The van der Waals surface area contributed by atoms with Crippen molar-refractivity contribution in [1.82, 2.24) is 4.90 Å². The summed E-state index contributed by atoms with van der Waals surface area (Å²) in [5.74, 6) is 0.0300. The van der Waals surface area contributed by atoms with Crippen LogP contribution >= 0.6 is 0 Å². The second kappa shape index (κ2) is 4.34. The van der Waals surface area contributed by atoms with Gasteiger partial charge in [-0.3, -0.25) is 4.79 Å². The van der Waals surface area contributed by atoms with Crippen molar-refractivity contribution in [2.45, 2.75) is 38.2 Å². The Labute approximate surface area is 96.3 Å². The minimum Gasteiger partial charge on any atom is -0.481 e. The lowest BCUT2D eigenvalue weighted by atomic mass is 9.78. The van der Waals surface area contributed by atoms with E-state index in [1.54, 1.807) is 0 Å². The number of aliphatic hydroxyl groups is 1. The smallest absolute Gasteiger partial charge is 0.304 e. The molecule has 4 heteroatoms. The van der Waals surface area contributed by atoms with Crippen molar-refractivity contribution in [3.05, 3.63) is 0 Å². The number of hydrogen-bond acceptors (Lipinski definition) is 3. The zero-order valence-corrected chi connectivity index (χ0v) is 9.85. The molecule has 2 rings (SSSR count). The van der Waals surface area contributed by atoms with Gasteiger partial charge in [0.15, 0.2) is 0 Å². The molecule has 0 spiro atoms. The van der Waals surface area contributed by atoms with Gasteiger partial charge in [-0.25, -0.2) is 0 Å². The predicted octanol–water partition coefficient (Wildman–Crippen LogP) is 0.944. The molecule has 2 aliphatic rings. The number of nitrogens with zero attached hydrogens (tertiary/aromatic N) is 1. The molecule has 1 aliphatic carbocycles. The maximum atomic E-state index is 10.5. The average Bonchev–Trinajstić information content (AvgIpc) is 3.03. The van der Waals surface area contributed by atoms with Crippen LogP contribution in [0.2, 0.25) is 0 Å². The van der Waals surface area contributed by atoms with Gasteiger partial charge in [0.05, 0.1) is 12.0 Å². The molecule has 1 heterocycles. The van der Waals surface area contributed by atoms with Crippen LogP contribution in [-0.2, 0) is 4.79 Å². The fraction of sp³-hybridized carbons (Fsp3) is 0.917. The zero-order chi connectivity index (χ0) is 11.8. The minimum atomic E-state index is -0.740. The molecular formula is C12H21NO3. The summed E-state index contributed by atoms with van der Waals surface area (Å²) in [5.41, 5.74) is -0.472. The Balaban J connectivity index is 1.84. The molecule has 2 atom stereocenters. The first-order valence-electron chi connectivity index (χ1n) is 6.19. The molecule has 92 valence electrons. The van der Waals surface area contributed by atoms with E-state index in [-0.39, 0.29) is 12.3 Å². The van der Waals surface area contributed by atoms with E-state index in [4.69, 9.17) is 5.11 Å². The molecule has 0 radical (unpaired) electrons. The molecule has 1 saturated carbocycles. The highest BCUT2D eigenvalue weighted by atomic mass is 16.4. The van der Waals surface area contributed by atoms with Gasteiger partial charge in [0, 0.05) is 19.6 Å². The standard InChI is InChI=1S/C12H21NO3/c1-9-8-13(6-4-11(14)15)7-5-12(9,16)10-2-3-10/h9-10,16H,2-8H2,1H3,(H,14,15)/t9-,12+/m1/s1. The third kappa shape index (κ3) is 2.38. The molecule has 0 unspecified atom stereocenters. The number of likely N-dealkylation sites (tertiary alicyclic amines) is 1. The second-order valence-electron chi connectivity index (χ2n) is 5.36. The van der Waals surface area contributed by atoms with Gasteiger partial charge in [-0.15, -0.1) is 0 Å². The Morgan fingerprint density at radius 2 is 2.19 bits per heavy atom. The quantitative estimate of drug-likeness (QED) is 0.750. The van der Waals surface area contributed by atoms with Crippen molar-refractivity contribution in [3.8, 4) is 0 Å². The van der Waals surface area contributed by atoms with E-state index < -0.39 is 11.6 Å². The first-order chi connectivity index (χ1) is 7.52. The van der Waals surface area contributed by atoms with Gasteiger partial charge in [-0.05, 0) is 31.1 Å². The normalized spacial score (nSPS) is 36.2. The zero-order valence-electron chi connectivity index (χ0n) is 9.85. The van der Waals surface area contributed by atoms with Crippen molar-refractivity contribution < 1.29 is 15.0 Å². The van der Waals surface area contributed by atoms with E-state index in [1.165, 1.54) is 0 Å². The third-order valence-corrected chi connectivity index (χ3v) is 4.14. The number of piperidine rings is 1. The largest absolute Gasteiger partial charge is 0.481 e. The summed E-state index contributed by atoms with van der Waals surface area (Å²) in [6, 6.07) is 0. The van der Waals surface area contributed by atoms with Crippen LogP contribution in [0.1, 0.15) is 32.6 Å². The van der Waals surface area contributed by atoms with Gasteiger partial charge in [-0.2, -0.15) is 0 Å². The van der Waals surface area contributed by atoms with Crippen LogP contribution in [-0.4, -0.2) is 46.3 Å². The van der Waals surface area contributed by atoms with E-state index in [0.29, 0.717) is 12.5 Å². The van der Waals surface area contributed by atoms with Gasteiger partial charge in [0.2, 0.25) is 0 Å². The van der Waals surface area contributed by atoms with Crippen molar-refractivity contribution in [1.29, 1.82) is 0 Å². The fourth-order valence-corrected chi connectivity index (χ4v) is 2.87. The molecule has 0 bridgehead atoms. The highest BCUT2D eigenvalue weighted by Crippen LogP contribution is 2.47. The van der Waals surface area contributed by atoms with Crippen LogP contribution in [0.4, 0.5) is 0 Å². The maximum absolute atomic E-state index is 10.5. The molecular weight excluding hydrogens is 206 g/mol. The molecule has 0 aromatic rings. The number of hydrogen-bond donors (Lipinski definition) is 2. The van der Waals surface area contributed by atoms with Gasteiger partial charge < -0.3 is 15.1 Å². The van der Waals surface area contributed by atoms with E-state index in [0.717, 1.165) is 32.4 Å². The molecule has 1 aliphatic heterocycles. The van der Waals surface area contributed by atoms with Crippen LogP contribution < -0.4 is 0 Å². The summed E-state index contributed by atoms with van der Waals surface area (Å²) >= 11 is 0. The maximum Gasteiger partial charge on any atom is 0.304 e. The minimum absolute atomic E-state index is 0.203. The summed E-state index contributed by atoms with van der Waals surface area (Å²) in [6.45, 7) is 4.37. The Morgan fingerprint density at radius 3 is 2.69 bits per heavy atom. The van der Waals surface area contributed by atoms with Crippen molar-refractivity contribution in [3.63, 3.8) is 0 Å². The Bertz CT molecular complexity index is 277. The lowest BCUT2D eigenvalue weighted by Gasteiger charge is -2.43. The molecule has 2 fully saturated rings. The lowest BCUT2D eigenvalue weighted by Crippen LogP contribution is -2.52. The van der Waals surface area contributed by atoms with Crippen LogP contribution in [0.3, 0.4) is 0 Å². The SMILES string of the molecule is C[C@@H]1CN(CCC(=O)O)CC[C@@]1(O)C1CC1.